The minimum absolute atomic E-state index is 0.0258. The minimum Gasteiger partial charge on any atom is -0.463 e. The summed E-state index contributed by atoms with van der Waals surface area (Å²) in [6.07, 6.45) is 2.85. The molecule has 8 nitrogen and oxygen atoms in total. The topological polar surface area (TPSA) is 128 Å². The SMILES string of the molecule is CCOC(=O)/C=C/C[C@@H](NC(=O)[C@H](Cc1ccccc1)NC(C)=O)C(N)=O. The van der Waals surface area contributed by atoms with Crippen molar-refractivity contribution < 1.29 is 23.9 Å². The van der Waals surface area contributed by atoms with Crippen LogP contribution in [0.5, 0.6) is 0 Å². The molecule has 2 atom stereocenters. The molecule has 8 heteroatoms. The average molecular weight is 375 g/mol. The zero-order chi connectivity index (χ0) is 20.2. The Hall–Kier alpha value is -3.16. The molecule has 146 valence electrons. The summed E-state index contributed by atoms with van der Waals surface area (Å²) >= 11 is 0. The monoisotopic (exact) mass is 375 g/mol. The fourth-order valence-corrected chi connectivity index (χ4v) is 2.31. The van der Waals surface area contributed by atoms with E-state index in [1.54, 1.807) is 6.92 Å². The smallest absolute Gasteiger partial charge is 0.330 e. The molecule has 0 saturated carbocycles. The van der Waals surface area contributed by atoms with E-state index in [0.717, 1.165) is 5.56 Å². The van der Waals surface area contributed by atoms with Crippen LogP contribution in [0.4, 0.5) is 0 Å². The summed E-state index contributed by atoms with van der Waals surface area (Å²) in [6, 6.07) is 7.27. The van der Waals surface area contributed by atoms with Gasteiger partial charge in [0.15, 0.2) is 0 Å². The van der Waals surface area contributed by atoms with E-state index < -0.39 is 29.9 Å². The van der Waals surface area contributed by atoms with Crippen LogP contribution in [0, 0.1) is 0 Å². The predicted octanol–water partition coefficient (Wildman–Crippen LogP) is 0.213. The van der Waals surface area contributed by atoms with Gasteiger partial charge in [-0.15, -0.1) is 0 Å². The predicted molar refractivity (Wildman–Crippen MR) is 99.3 cm³/mol. The van der Waals surface area contributed by atoms with Gasteiger partial charge in [0.05, 0.1) is 6.61 Å². The van der Waals surface area contributed by atoms with Gasteiger partial charge in [0.25, 0.3) is 0 Å². The van der Waals surface area contributed by atoms with Gasteiger partial charge in [-0.05, 0) is 18.9 Å². The lowest BCUT2D eigenvalue weighted by molar-refractivity contribution is -0.137. The van der Waals surface area contributed by atoms with E-state index >= 15 is 0 Å². The number of carbonyl (C=O) groups excluding carboxylic acids is 4. The molecule has 0 radical (unpaired) electrons. The van der Waals surface area contributed by atoms with Crippen molar-refractivity contribution in [3.8, 4) is 0 Å². The number of benzene rings is 1. The Morgan fingerprint density at radius 1 is 1.11 bits per heavy atom. The van der Waals surface area contributed by atoms with Crippen molar-refractivity contribution in [2.75, 3.05) is 6.61 Å². The Balaban J connectivity index is 2.77. The number of amides is 3. The number of ether oxygens (including phenoxy) is 1. The summed E-state index contributed by atoms with van der Waals surface area (Å²) in [5.41, 5.74) is 6.17. The van der Waals surface area contributed by atoms with Gasteiger partial charge in [-0.2, -0.15) is 0 Å². The van der Waals surface area contributed by atoms with Gasteiger partial charge in [-0.3, -0.25) is 14.4 Å². The highest BCUT2D eigenvalue weighted by atomic mass is 16.5. The molecule has 0 aliphatic carbocycles. The lowest BCUT2D eigenvalue weighted by atomic mass is 10.0. The molecule has 0 unspecified atom stereocenters. The number of nitrogens with two attached hydrogens (primary N) is 1. The summed E-state index contributed by atoms with van der Waals surface area (Å²) in [5, 5.41) is 5.08. The van der Waals surface area contributed by atoms with E-state index in [1.165, 1.54) is 19.1 Å². The second kappa shape index (κ2) is 11.5. The lowest BCUT2D eigenvalue weighted by Crippen LogP contribution is -2.53. The Morgan fingerprint density at radius 3 is 2.33 bits per heavy atom. The number of nitrogens with one attached hydrogen (secondary N) is 2. The van der Waals surface area contributed by atoms with Crippen molar-refractivity contribution in [1.29, 1.82) is 0 Å². The number of esters is 1. The van der Waals surface area contributed by atoms with Crippen molar-refractivity contribution in [3.05, 3.63) is 48.0 Å². The van der Waals surface area contributed by atoms with Gasteiger partial charge in [-0.25, -0.2) is 4.79 Å². The van der Waals surface area contributed by atoms with E-state index in [-0.39, 0.29) is 25.4 Å². The normalized spacial score (nSPS) is 12.8. The summed E-state index contributed by atoms with van der Waals surface area (Å²) in [5.74, 6) is -2.21. The Morgan fingerprint density at radius 2 is 1.78 bits per heavy atom. The molecule has 0 aliphatic heterocycles. The third-order valence-electron chi connectivity index (χ3n) is 3.55. The molecule has 4 N–H and O–H groups in total. The van der Waals surface area contributed by atoms with Gasteiger partial charge in [-0.1, -0.05) is 36.4 Å². The fourth-order valence-electron chi connectivity index (χ4n) is 2.31. The highest BCUT2D eigenvalue weighted by Crippen LogP contribution is 2.05. The zero-order valence-corrected chi connectivity index (χ0v) is 15.4. The molecule has 0 spiro atoms. The van der Waals surface area contributed by atoms with Crippen LogP contribution in [0.2, 0.25) is 0 Å². The number of rotatable bonds is 10. The first-order valence-corrected chi connectivity index (χ1v) is 8.57. The molecular formula is C19H25N3O5. The Bertz CT molecular complexity index is 688. The number of primary amides is 1. The number of hydrogen-bond donors (Lipinski definition) is 3. The van der Waals surface area contributed by atoms with Crippen molar-refractivity contribution in [2.45, 2.75) is 38.8 Å². The van der Waals surface area contributed by atoms with Gasteiger partial charge in [0.2, 0.25) is 17.7 Å². The first-order valence-electron chi connectivity index (χ1n) is 8.57. The molecule has 1 rings (SSSR count). The van der Waals surface area contributed by atoms with E-state index in [1.807, 2.05) is 30.3 Å². The zero-order valence-electron chi connectivity index (χ0n) is 15.4. The molecular weight excluding hydrogens is 350 g/mol. The molecule has 1 aromatic carbocycles. The minimum atomic E-state index is -1.02. The van der Waals surface area contributed by atoms with Gasteiger partial charge in [0, 0.05) is 19.4 Å². The third-order valence-corrected chi connectivity index (χ3v) is 3.55. The van der Waals surface area contributed by atoms with Crippen molar-refractivity contribution in [2.24, 2.45) is 5.73 Å². The Labute approximate surface area is 158 Å². The molecule has 0 aliphatic rings. The van der Waals surface area contributed by atoms with Crippen molar-refractivity contribution in [1.82, 2.24) is 10.6 Å². The van der Waals surface area contributed by atoms with Crippen LogP contribution in [0.15, 0.2) is 42.5 Å². The van der Waals surface area contributed by atoms with E-state index in [9.17, 15) is 19.2 Å². The van der Waals surface area contributed by atoms with Crippen molar-refractivity contribution >= 4 is 23.7 Å². The second-order valence-electron chi connectivity index (χ2n) is 5.80. The molecule has 0 heterocycles. The number of carbonyl (C=O) groups is 4. The number of hydrogen-bond acceptors (Lipinski definition) is 5. The maximum absolute atomic E-state index is 12.5. The van der Waals surface area contributed by atoms with E-state index in [4.69, 9.17) is 10.5 Å². The highest BCUT2D eigenvalue weighted by molar-refractivity contribution is 5.91. The maximum Gasteiger partial charge on any atom is 0.330 e. The van der Waals surface area contributed by atoms with Crippen LogP contribution in [-0.2, 0) is 30.3 Å². The first kappa shape index (κ1) is 21.9. The molecule has 0 saturated heterocycles. The molecule has 0 fully saturated rings. The summed E-state index contributed by atoms with van der Waals surface area (Å²) in [7, 11) is 0. The quantitative estimate of drug-likeness (QED) is 0.398. The van der Waals surface area contributed by atoms with E-state index in [2.05, 4.69) is 10.6 Å². The highest BCUT2D eigenvalue weighted by Gasteiger charge is 2.24. The molecule has 27 heavy (non-hydrogen) atoms. The summed E-state index contributed by atoms with van der Waals surface area (Å²) in [6.45, 7) is 3.21. The molecule has 0 bridgehead atoms. The van der Waals surface area contributed by atoms with Crippen LogP contribution in [0.25, 0.3) is 0 Å². The molecule has 3 amide bonds. The third kappa shape index (κ3) is 8.66. The second-order valence-corrected chi connectivity index (χ2v) is 5.80. The maximum atomic E-state index is 12.5. The van der Waals surface area contributed by atoms with Crippen molar-refractivity contribution in [3.63, 3.8) is 0 Å². The lowest BCUT2D eigenvalue weighted by Gasteiger charge is -2.21. The largest absolute Gasteiger partial charge is 0.463 e. The van der Waals surface area contributed by atoms with Crippen LogP contribution in [-0.4, -0.2) is 42.4 Å². The molecule has 0 aromatic heterocycles. The van der Waals surface area contributed by atoms with Gasteiger partial charge in [0.1, 0.15) is 12.1 Å². The van der Waals surface area contributed by atoms with Gasteiger partial charge < -0.3 is 21.1 Å². The van der Waals surface area contributed by atoms with Crippen LogP contribution in [0.3, 0.4) is 0 Å². The van der Waals surface area contributed by atoms with Gasteiger partial charge >= 0.3 is 5.97 Å². The summed E-state index contributed by atoms with van der Waals surface area (Å²) in [4.78, 5) is 46.9. The average Bonchev–Trinajstić information content (AvgIpc) is 2.60. The molecule has 1 aromatic rings. The fraction of sp³-hybridized carbons (Fsp3) is 0.368. The van der Waals surface area contributed by atoms with Crippen LogP contribution < -0.4 is 16.4 Å². The standard InChI is InChI=1S/C19H25N3O5/c1-3-27-17(24)11-7-10-15(18(20)25)22-19(26)16(21-13(2)23)12-14-8-5-4-6-9-14/h4-9,11,15-16H,3,10,12H2,1-2H3,(H2,20,25)(H,21,23)(H,22,26)/b11-7+/t15-,16+/m1/s1. The van der Waals surface area contributed by atoms with Crippen LogP contribution in [0.1, 0.15) is 25.8 Å². The first-order chi connectivity index (χ1) is 12.8. The summed E-state index contributed by atoms with van der Waals surface area (Å²) < 4.78 is 4.74. The Kier molecular flexibility index (Phi) is 9.28. The van der Waals surface area contributed by atoms with Crippen LogP contribution >= 0.6 is 0 Å². The van der Waals surface area contributed by atoms with E-state index in [0.29, 0.717) is 0 Å².